The molecule has 0 aliphatic carbocycles. The van der Waals surface area contributed by atoms with E-state index in [4.69, 9.17) is 18.5 Å². The molecule has 55 heavy (non-hydrogen) atoms. The highest BCUT2D eigenvalue weighted by molar-refractivity contribution is 7.45. The molecule has 9 nitrogen and oxygen atoms in total. The summed E-state index contributed by atoms with van der Waals surface area (Å²) in [5, 5.41) is 0. The van der Waals surface area contributed by atoms with Gasteiger partial charge in [0.05, 0.1) is 27.7 Å². The normalized spacial score (nSPS) is 13.8. The van der Waals surface area contributed by atoms with Gasteiger partial charge in [0.1, 0.15) is 19.8 Å². The van der Waals surface area contributed by atoms with Crippen LogP contribution in [0.4, 0.5) is 0 Å². The highest BCUT2D eigenvalue weighted by Gasteiger charge is 2.22. The minimum Gasteiger partial charge on any atom is -0.756 e. The second-order valence-electron chi connectivity index (χ2n) is 15.1. The molecular formula is C45H68NO8P. The third-order valence-corrected chi connectivity index (χ3v) is 9.91. The minimum atomic E-state index is -4.67. The van der Waals surface area contributed by atoms with Gasteiger partial charge in [-0.05, 0) is 29.5 Å². The number of hydrogen-bond acceptors (Lipinski definition) is 8. The van der Waals surface area contributed by atoms with Crippen LogP contribution in [0.3, 0.4) is 0 Å². The van der Waals surface area contributed by atoms with Gasteiger partial charge in [0, 0.05) is 12.8 Å². The fraction of sp³-hybridized carbons (Fsp3) is 0.556. The third kappa shape index (κ3) is 27.0. The minimum absolute atomic E-state index is 0.0553. The summed E-state index contributed by atoms with van der Waals surface area (Å²) < 4.78 is 33.9. The number of rotatable bonds is 31. The molecule has 0 bridgehead atoms. The number of ether oxygens (including phenoxy) is 2. The SMILES string of the molecule is CCCCCCCCCCCCCCCC(=O)OCC(COP(=O)([O-])OCC[N+](C)(C)C)OC(=O)CCc1ccc(/C=C/C=C/C=C/c2ccccc2)cc1. The molecule has 2 aromatic carbocycles. The van der Waals surface area contributed by atoms with Crippen molar-refractivity contribution in [1.82, 2.24) is 0 Å². The molecule has 0 fully saturated rings. The quantitative estimate of drug-likeness (QED) is 0.0244. The maximum Gasteiger partial charge on any atom is 0.306 e. The summed E-state index contributed by atoms with van der Waals surface area (Å²) >= 11 is 0. The van der Waals surface area contributed by atoms with Gasteiger partial charge in [-0.2, -0.15) is 0 Å². The highest BCUT2D eigenvalue weighted by atomic mass is 31.2. The fourth-order valence-corrected chi connectivity index (χ4v) is 6.34. The van der Waals surface area contributed by atoms with E-state index in [1.54, 1.807) is 0 Å². The second kappa shape index (κ2) is 29.0. The van der Waals surface area contributed by atoms with Gasteiger partial charge in [-0.1, -0.05) is 175 Å². The summed E-state index contributed by atoms with van der Waals surface area (Å²) in [6, 6.07) is 17.9. The lowest BCUT2D eigenvalue weighted by Gasteiger charge is -2.28. The predicted molar refractivity (Wildman–Crippen MR) is 222 cm³/mol. The van der Waals surface area contributed by atoms with Crippen molar-refractivity contribution in [3.05, 3.63) is 95.6 Å². The molecule has 0 aliphatic heterocycles. The van der Waals surface area contributed by atoms with E-state index < -0.39 is 32.5 Å². The predicted octanol–water partition coefficient (Wildman–Crippen LogP) is 10.0. The molecule has 0 saturated heterocycles. The number of benzene rings is 2. The van der Waals surface area contributed by atoms with Crippen LogP contribution in [-0.2, 0) is 39.1 Å². The number of hydrogen-bond donors (Lipinski definition) is 0. The van der Waals surface area contributed by atoms with Crippen molar-refractivity contribution in [2.75, 3.05) is 47.5 Å². The number of unbranched alkanes of at least 4 members (excludes halogenated alkanes) is 12. The van der Waals surface area contributed by atoms with E-state index in [0.717, 1.165) is 29.5 Å². The Bertz CT molecular complexity index is 1450. The Kier molecular flexibility index (Phi) is 25.2. The van der Waals surface area contributed by atoms with Crippen molar-refractivity contribution in [2.24, 2.45) is 0 Å². The van der Waals surface area contributed by atoms with Gasteiger partial charge in [0.2, 0.25) is 0 Å². The van der Waals surface area contributed by atoms with Crippen LogP contribution in [0.25, 0.3) is 12.2 Å². The van der Waals surface area contributed by atoms with Gasteiger partial charge < -0.3 is 27.9 Å². The van der Waals surface area contributed by atoms with E-state index in [2.05, 4.69) is 6.92 Å². The van der Waals surface area contributed by atoms with Gasteiger partial charge in [-0.3, -0.25) is 14.2 Å². The number of aryl methyl sites for hydroxylation is 1. The van der Waals surface area contributed by atoms with E-state index in [1.165, 1.54) is 64.2 Å². The number of nitrogens with zero attached hydrogens (tertiary/aromatic N) is 1. The van der Waals surface area contributed by atoms with Crippen molar-refractivity contribution < 1.29 is 42.1 Å². The zero-order valence-electron chi connectivity index (χ0n) is 34.0. The summed E-state index contributed by atoms with van der Waals surface area (Å²) in [6.45, 7) is 1.82. The molecule has 0 amide bonds. The van der Waals surface area contributed by atoms with Crippen LogP contribution in [0.2, 0.25) is 0 Å². The summed E-state index contributed by atoms with van der Waals surface area (Å²) in [6.07, 6.45) is 27.3. The molecule has 2 aromatic rings. The highest BCUT2D eigenvalue weighted by Crippen LogP contribution is 2.38. The van der Waals surface area contributed by atoms with Crippen LogP contribution in [-0.4, -0.2) is 70.0 Å². The van der Waals surface area contributed by atoms with Crippen LogP contribution >= 0.6 is 7.82 Å². The van der Waals surface area contributed by atoms with E-state index in [1.807, 2.05) is 112 Å². The van der Waals surface area contributed by atoms with Crippen LogP contribution < -0.4 is 4.89 Å². The molecule has 2 atom stereocenters. The molecule has 0 heterocycles. The fourth-order valence-electron chi connectivity index (χ4n) is 5.61. The van der Waals surface area contributed by atoms with Crippen LogP contribution in [0.15, 0.2) is 78.9 Å². The Morgan fingerprint density at radius 2 is 1.22 bits per heavy atom. The molecule has 0 saturated carbocycles. The standard InChI is InChI=1S/C45H68NO8P/c1-5-6-7-8-9-10-11-12-13-14-15-16-24-29-44(47)51-38-43(39-53-55(49,50)52-37-36-46(2,3)4)54-45(48)35-34-42-32-30-41(31-33-42)28-21-18-17-20-25-40-26-22-19-23-27-40/h17-23,25-28,30-33,43H,5-16,24,29,34-39H2,1-4H3/b18-17+,25-20+,28-21+. The lowest BCUT2D eigenvalue weighted by Crippen LogP contribution is -2.37. The summed E-state index contributed by atoms with van der Waals surface area (Å²) in [7, 11) is 1.08. The number of likely N-dealkylation sites (N-methyl/N-ethyl adjacent to an activating group) is 1. The van der Waals surface area contributed by atoms with Crippen molar-refractivity contribution >= 4 is 31.9 Å². The molecule has 0 spiro atoms. The first kappa shape index (κ1) is 47.8. The maximum absolute atomic E-state index is 12.8. The first-order valence-electron chi connectivity index (χ1n) is 20.4. The third-order valence-electron chi connectivity index (χ3n) is 8.95. The van der Waals surface area contributed by atoms with E-state index in [0.29, 0.717) is 23.9 Å². The molecule has 306 valence electrons. The molecule has 0 aromatic heterocycles. The zero-order chi connectivity index (χ0) is 40.0. The van der Waals surface area contributed by atoms with Gasteiger partial charge in [-0.25, -0.2) is 0 Å². The Morgan fingerprint density at radius 1 is 0.673 bits per heavy atom. The lowest BCUT2D eigenvalue weighted by atomic mass is 10.0. The smallest absolute Gasteiger partial charge is 0.306 e. The first-order chi connectivity index (χ1) is 26.5. The van der Waals surface area contributed by atoms with Crippen LogP contribution in [0.1, 0.15) is 120 Å². The molecule has 10 heteroatoms. The summed E-state index contributed by atoms with van der Waals surface area (Å²) in [5.74, 6) is -0.965. The molecule has 2 unspecified atom stereocenters. The van der Waals surface area contributed by atoms with E-state index in [9.17, 15) is 19.0 Å². The Labute approximate surface area is 332 Å². The monoisotopic (exact) mass is 781 g/mol. The number of phosphoric acid groups is 1. The first-order valence-corrected chi connectivity index (χ1v) is 21.8. The number of allylic oxidation sites excluding steroid dienone is 4. The number of carbonyl (C=O) groups is 2. The van der Waals surface area contributed by atoms with Crippen LogP contribution in [0, 0.1) is 0 Å². The molecule has 0 aliphatic rings. The Hall–Kier alpha value is -3.33. The van der Waals surface area contributed by atoms with E-state index >= 15 is 0 Å². The number of phosphoric ester groups is 1. The number of quaternary nitrogens is 1. The van der Waals surface area contributed by atoms with Crippen molar-refractivity contribution in [1.29, 1.82) is 0 Å². The average Bonchev–Trinajstić information content (AvgIpc) is 3.15. The zero-order valence-corrected chi connectivity index (χ0v) is 34.9. The maximum atomic E-state index is 12.8. The van der Waals surface area contributed by atoms with Gasteiger partial charge in [-0.15, -0.1) is 0 Å². The van der Waals surface area contributed by atoms with Crippen molar-refractivity contribution in [3.63, 3.8) is 0 Å². The van der Waals surface area contributed by atoms with Crippen molar-refractivity contribution in [3.8, 4) is 0 Å². The topological polar surface area (TPSA) is 111 Å². The average molecular weight is 782 g/mol. The summed E-state index contributed by atoms with van der Waals surface area (Å²) in [5.41, 5.74) is 3.11. The van der Waals surface area contributed by atoms with Gasteiger partial charge in [0.15, 0.2) is 6.10 Å². The number of esters is 2. The van der Waals surface area contributed by atoms with Crippen LogP contribution in [0.5, 0.6) is 0 Å². The molecule has 0 radical (unpaired) electrons. The summed E-state index contributed by atoms with van der Waals surface area (Å²) in [4.78, 5) is 37.8. The van der Waals surface area contributed by atoms with Gasteiger partial charge in [0.25, 0.3) is 7.82 Å². The van der Waals surface area contributed by atoms with E-state index in [-0.39, 0.29) is 26.1 Å². The van der Waals surface area contributed by atoms with Crippen molar-refractivity contribution in [2.45, 2.75) is 116 Å². The Morgan fingerprint density at radius 3 is 1.78 bits per heavy atom. The van der Waals surface area contributed by atoms with Gasteiger partial charge >= 0.3 is 11.9 Å². The second-order valence-corrected chi connectivity index (χ2v) is 16.5. The molecular weight excluding hydrogens is 713 g/mol. The lowest BCUT2D eigenvalue weighted by molar-refractivity contribution is -0.870. The largest absolute Gasteiger partial charge is 0.756 e. The Balaban J connectivity index is 1.77. The molecule has 0 N–H and O–H groups in total. The number of carbonyl (C=O) groups excluding carboxylic acids is 2. The molecule has 2 rings (SSSR count).